The molecule has 1 unspecified atom stereocenters. The maximum Gasteiger partial charge on any atom is 0.119 e. The monoisotopic (exact) mass is 179 g/mol. The highest BCUT2D eigenvalue weighted by molar-refractivity contribution is 7.99. The van der Waals surface area contributed by atoms with E-state index in [1.54, 1.807) is 0 Å². The van der Waals surface area contributed by atoms with Crippen LogP contribution in [0.2, 0.25) is 0 Å². The number of hydrogen-bond donors (Lipinski definition) is 0. The standard InChI is InChI=1S/C9H9NOS/c11-10-8-5-6-12-9-4-2-1-3-7(8)9/h1-4,8H,5-6H2. The summed E-state index contributed by atoms with van der Waals surface area (Å²) in [7, 11) is 0. The third-order valence-electron chi connectivity index (χ3n) is 2.05. The van der Waals surface area contributed by atoms with Gasteiger partial charge in [0.2, 0.25) is 0 Å². The quantitative estimate of drug-likeness (QED) is 0.620. The molecule has 1 atom stereocenters. The molecule has 3 heteroatoms. The summed E-state index contributed by atoms with van der Waals surface area (Å²) in [6.07, 6.45) is 0.880. The minimum atomic E-state index is -0.109. The Labute approximate surface area is 75.3 Å². The molecule has 0 bridgehead atoms. The topological polar surface area (TPSA) is 29.4 Å². The summed E-state index contributed by atoms with van der Waals surface area (Å²) in [6, 6.07) is 7.90. The Bertz CT molecular complexity index is 300. The largest absolute Gasteiger partial charge is 0.150 e. The van der Waals surface area contributed by atoms with Crippen LogP contribution < -0.4 is 0 Å². The highest BCUT2D eigenvalue weighted by Crippen LogP contribution is 2.37. The Balaban J connectivity index is 2.43. The second-order valence-corrected chi connectivity index (χ2v) is 3.93. The molecule has 0 spiro atoms. The van der Waals surface area contributed by atoms with Crippen LogP contribution in [-0.4, -0.2) is 5.75 Å². The van der Waals surface area contributed by atoms with E-state index < -0.39 is 0 Å². The third kappa shape index (κ3) is 1.25. The van der Waals surface area contributed by atoms with Crippen LogP contribution >= 0.6 is 11.8 Å². The molecule has 0 N–H and O–H groups in total. The van der Waals surface area contributed by atoms with Crippen LogP contribution in [0.15, 0.2) is 34.3 Å². The lowest BCUT2D eigenvalue weighted by molar-refractivity contribution is 0.677. The molecule has 1 aliphatic heterocycles. The fraction of sp³-hybridized carbons (Fsp3) is 0.333. The first kappa shape index (κ1) is 7.80. The first-order valence-corrected chi connectivity index (χ1v) is 4.94. The summed E-state index contributed by atoms with van der Waals surface area (Å²) >= 11 is 1.81. The predicted octanol–water partition coefficient (Wildman–Crippen LogP) is 2.99. The van der Waals surface area contributed by atoms with E-state index in [9.17, 15) is 4.91 Å². The van der Waals surface area contributed by atoms with Gasteiger partial charge in [-0.15, -0.1) is 11.8 Å². The molecule has 2 nitrogen and oxygen atoms in total. The summed E-state index contributed by atoms with van der Waals surface area (Å²) in [5.41, 5.74) is 1.10. The molecule has 0 aliphatic carbocycles. The van der Waals surface area contributed by atoms with Gasteiger partial charge in [-0.25, -0.2) is 0 Å². The van der Waals surface area contributed by atoms with Crippen molar-refractivity contribution >= 4 is 11.8 Å². The van der Waals surface area contributed by atoms with E-state index in [1.165, 1.54) is 4.90 Å². The SMILES string of the molecule is O=NC1CCSc2ccccc21. The average Bonchev–Trinajstić information content (AvgIpc) is 2.17. The molecule has 0 saturated heterocycles. The molecule has 0 fully saturated rings. The molecule has 1 aliphatic rings. The van der Waals surface area contributed by atoms with Crippen LogP contribution in [0.1, 0.15) is 18.0 Å². The zero-order valence-corrected chi connectivity index (χ0v) is 7.38. The van der Waals surface area contributed by atoms with Crippen molar-refractivity contribution in [3.63, 3.8) is 0 Å². The number of fused-ring (bicyclic) bond motifs is 1. The summed E-state index contributed by atoms with van der Waals surface area (Å²) in [6.45, 7) is 0. The van der Waals surface area contributed by atoms with Gasteiger partial charge in [-0.3, -0.25) is 0 Å². The summed E-state index contributed by atoms with van der Waals surface area (Å²) in [5, 5.41) is 3.13. The van der Waals surface area contributed by atoms with Crippen LogP contribution in [0, 0.1) is 4.91 Å². The Morgan fingerprint density at radius 3 is 3.08 bits per heavy atom. The second kappa shape index (κ2) is 3.27. The van der Waals surface area contributed by atoms with E-state index in [4.69, 9.17) is 0 Å². The molecule has 1 aromatic rings. The summed E-state index contributed by atoms with van der Waals surface area (Å²) < 4.78 is 0. The zero-order valence-electron chi connectivity index (χ0n) is 6.56. The molecular formula is C9H9NOS. The molecule has 0 aromatic heterocycles. The molecule has 0 saturated carbocycles. The van der Waals surface area contributed by atoms with Gasteiger partial charge < -0.3 is 0 Å². The van der Waals surface area contributed by atoms with Crippen molar-refractivity contribution in [2.75, 3.05) is 5.75 Å². The number of nitroso groups, excluding NO2 is 1. The van der Waals surface area contributed by atoms with Crippen LogP contribution in [0.4, 0.5) is 0 Å². The van der Waals surface area contributed by atoms with E-state index in [0.29, 0.717) is 0 Å². The van der Waals surface area contributed by atoms with Crippen molar-refractivity contribution in [3.05, 3.63) is 34.7 Å². The van der Waals surface area contributed by atoms with Gasteiger partial charge in [-0.1, -0.05) is 23.4 Å². The van der Waals surface area contributed by atoms with E-state index in [-0.39, 0.29) is 6.04 Å². The molecule has 1 heterocycles. The first-order valence-electron chi connectivity index (χ1n) is 3.96. The van der Waals surface area contributed by atoms with Gasteiger partial charge in [0, 0.05) is 10.6 Å². The van der Waals surface area contributed by atoms with Crippen LogP contribution in [0.25, 0.3) is 0 Å². The van der Waals surface area contributed by atoms with Gasteiger partial charge >= 0.3 is 0 Å². The predicted molar refractivity (Wildman–Crippen MR) is 50.3 cm³/mol. The lowest BCUT2D eigenvalue weighted by atomic mass is 10.1. The van der Waals surface area contributed by atoms with Crippen molar-refractivity contribution in [2.24, 2.45) is 5.18 Å². The van der Waals surface area contributed by atoms with Crippen molar-refractivity contribution in [1.29, 1.82) is 0 Å². The van der Waals surface area contributed by atoms with Gasteiger partial charge in [-0.05, 0) is 18.1 Å². The lowest BCUT2D eigenvalue weighted by Gasteiger charge is -2.18. The highest BCUT2D eigenvalue weighted by atomic mass is 32.2. The van der Waals surface area contributed by atoms with E-state index in [0.717, 1.165) is 17.7 Å². The van der Waals surface area contributed by atoms with E-state index in [2.05, 4.69) is 11.2 Å². The Morgan fingerprint density at radius 1 is 1.42 bits per heavy atom. The maximum atomic E-state index is 10.5. The van der Waals surface area contributed by atoms with Gasteiger partial charge in [0.05, 0.1) is 0 Å². The van der Waals surface area contributed by atoms with Crippen molar-refractivity contribution < 1.29 is 0 Å². The molecule has 0 radical (unpaired) electrons. The van der Waals surface area contributed by atoms with Gasteiger partial charge in [0.1, 0.15) is 6.04 Å². The molecule has 2 rings (SSSR count). The Kier molecular flexibility index (Phi) is 2.13. The average molecular weight is 179 g/mol. The third-order valence-corrected chi connectivity index (χ3v) is 3.18. The van der Waals surface area contributed by atoms with Crippen LogP contribution in [0.3, 0.4) is 0 Å². The van der Waals surface area contributed by atoms with Gasteiger partial charge in [-0.2, -0.15) is 4.91 Å². The number of thioether (sulfide) groups is 1. The molecule has 62 valence electrons. The molecule has 12 heavy (non-hydrogen) atoms. The number of benzene rings is 1. The van der Waals surface area contributed by atoms with Gasteiger partial charge in [0.25, 0.3) is 0 Å². The zero-order chi connectivity index (χ0) is 8.39. The minimum absolute atomic E-state index is 0.109. The maximum absolute atomic E-state index is 10.5. The minimum Gasteiger partial charge on any atom is -0.150 e. The van der Waals surface area contributed by atoms with Crippen LogP contribution in [0.5, 0.6) is 0 Å². The van der Waals surface area contributed by atoms with Crippen molar-refractivity contribution in [3.8, 4) is 0 Å². The van der Waals surface area contributed by atoms with Crippen LogP contribution in [-0.2, 0) is 0 Å². The van der Waals surface area contributed by atoms with Crippen molar-refractivity contribution in [2.45, 2.75) is 17.4 Å². The fourth-order valence-electron chi connectivity index (χ4n) is 1.43. The molecule has 1 aromatic carbocycles. The first-order chi connectivity index (χ1) is 5.92. The number of hydrogen-bond acceptors (Lipinski definition) is 3. The fourth-order valence-corrected chi connectivity index (χ4v) is 2.54. The number of rotatable bonds is 1. The Morgan fingerprint density at radius 2 is 2.25 bits per heavy atom. The normalized spacial score (nSPS) is 21.5. The summed E-state index contributed by atoms with van der Waals surface area (Å²) in [4.78, 5) is 11.7. The highest BCUT2D eigenvalue weighted by Gasteiger charge is 2.20. The summed E-state index contributed by atoms with van der Waals surface area (Å²) in [5.74, 6) is 1.01. The van der Waals surface area contributed by atoms with Crippen molar-refractivity contribution in [1.82, 2.24) is 0 Å². The molecular weight excluding hydrogens is 170 g/mol. The Hall–Kier alpha value is -0.830. The molecule has 0 amide bonds. The van der Waals surface area contributed by atoms with E-state index in [1.807, 2.05) is 30.0 Å². The van der Waals surface area contributed by atoms with E-state index >= 15 is 0 Å². The number of nitrogens with zero attached hydrogens (tertiary/aromatic N) is 1. The smallest absolute Gasteiger partial charge is 0.119 e. The van der Waals surface area contributed by atoms with Gasteiger partial charge in [0.15, 0.2) is 0 Å². The lowest BCUT2D eigenvalue weighted by Crippen LogP contribution is -2.03. The second-order valence-electron chi connectivity index (χ2n) is 2.80.